The highest BCUT2D eigenvalue weighted by atomic mass is 79.9. The minimum absolute atomic E-state index is 1.13. The highest BCUT2D eigenvalue weighted by molar-refractivity contribution is 9.09. The van der Waals surface area contributed by atoms with Crippen LogP contribution in [0, 0.1) is 0 Å². The molecule has 0 aliphatic carbocycles. The van der Waals surface area contributed by atoms with Gasteiger partial charge < -0.3 is 4.90 Å². The minimum Gasteiger partial charge on any atom is -0.371 e. The minimum atomic E-state index is 1.13. The summed E-state index contributed by atoms with van der Waals surface area (Å²) in [5.41, 5.74) is 3.02. The van der Waals surface area contributed by atoms with Crippen LogP contribution in [-0.2, 0) is 6.42 Å². The van der Waals surface area contributed by atoms with Gasteiger partial charge in [-0.25, -0.2) is 0 Å². The molecule has 0 saturated heterocycles. The van der Waals surface area contributed by atoms with E-state index in [9.17, 15) is 0 Å². The molecule has 2 heteroatoms. The lowest BCUT2D eigenvalue weighted by atomic mass is 10.1. The number of aryl methyl sites for hydroxylation is 1. The van der Waals surface area contributed by atoms with Gasteiger partial charge >= 0.3 is 0 Å². The Morgan fingerprint density at radius 3 is 2.88 bits per heavy atom. The van der Waals surface area contributed by atoms with Gasteiger partial charge in [-0.2, -0.15) is 0 Å². The second kappa shape index (κ2) is 6.29. The van der Waals surface area contributed by atoms with Crippen LogP contribution >= 0.6 is 15.9 Å². The zero-order chi connectivity index (χ0) is 11.2. The Hall–Kier alpha value is -0.500. The molecule has 0 amide bonds. The highest BCUT2D eigenvalue weighted by Crippen LogP contribution is 2.26. The number of rotatable bonds is 4. The largest absolute Gasteiger partial charge is 0.371 e. The van der Waals surface area contributed by atoms with Crippen LogP contribution in [0.25, 0.3) is 0 Å². The fraction of sp³-hybridized carbons (Fsp3) is 0.571. The van der Waals surface area contributed by atoms with Gasteiger partial charge in [0.2, 0.25) is 0 Å². The quantitative estimate of drug-likeness (QED) is 0.596. The molecular formula is C14H20BrN. The van der Waals surface area contributed by atoms with Crippen molar-refractivity contribution in [2.24, 2.45) is 0 Å². The molecule has 0 unspecified atom stereocenters. The number of para-hydroxylation sites is 1. The van der Waals surface area contributed by atoms with Gasteiger partial charge in [-0.3, -0.25) is 0 Å². The van der Waals surface area contributed by atoms with Crippen LogP contribution in [0.5, 0.6) is 0 Å². The first-order chi connectivity index (χ1) is 7.92. The molecule has 1 aliphatic heterocycles. The van der Waals surface area contributed by atoms with Gasteiger partial charge in [0.15, 0.2) is 0 Å². The third-order valence-corrected chi connectivity index (χ3v) is 3.83. The predicted molar refractivity (Wildman–Crippen MR) is 74.6 cm³/mol. The van der Waals surface area contributed by atoms with E-state index in [0.29, 0.717) is 0 Å². The summed E-state index contributed by atoms with van der Waals surface area (Å²) in [4.78, 5) is 2.57. The first-order valence-electron chi connectivity index (χ1n) is 6.30. The summed E-state index contributed by atoms with van der Waals surface area (Å²) in [6.45, 7) is 2.45. The van der Waals surface area contributed by atoms with Crippen molar-refractivity contribution in [2.45, 2.75) is 32.1 Å². The number of fused-ring (bicyclic) bond motifs is 1. The summed E-state index contributed by atoms with van der Waals surface area (Å²) in [5.74, 6) is 0. The van der Waals surface area contributed by atoms with Crippen LogP contribution in [0.3, 0.4) is 0 Å². The predicted octanol–water partition coefficient (Wildman–Crippen LogP) is 4.00. The smallest absolute Gasteiger partial charge is 0.0398 e. The van der Waals surface area contributed by atoms with E-state index >= 15 is 0 Å². The molecule has 1 aliphatic rings. The number of halogens is 1. The zero-order valence-corrected chi connectivity index (χ0v) is 11.4. The molecule has 0 aromatic heterocycles. The van der Waals surface area contributed by atoms with Gasteiger partial charge in [0.05, 0.1) is 0 Å². The Bertz CT molecular complexity index is 324. The lowest BCUT2D eigenvalue weighted by Crippen LogP contribution is -2.25. The molecule has 0 spiro atoms. The Kier molecular flexibility index (Phi) is 4.70. The molecule has 0 N–H and O–H groups in total. The topological polar surface area (TPSA) is 3.24 Å². The van der Waals surface area contributed by atoms with Crippen LogP contribution in [0.2, 0.25) is 0 Å². The number of unbranched alkanes of at least 4 members (excludes halogenated alkanes) is 1. The number of hydrogen-bond donors (Lipinski definition) is 0. The molecule has 1 aromatic rings. The summed E-state index contributed by atoms with van der Waals surface area (Å²) in [6.07, 6.45) is 6.50. The van der Waals surface area contributed by atoms with Gasteiger partial charge in [0.25, 0.3) is 0 Å². The molecule has 0 bridgehead atoms. The number of benzene rings is 1. The summed E-state index contributed by atoms with van der Waals surface area (Å²) in [5, 5.41) is 1.13. The maximum atomic E-state index is 3.50. The first kappa shape index (κ1) is 12.0. The van der Waals surface area contributed by atoms with Crippen molar-refractivity contribution in [3.8, 4) is 0 Å². The molecule has 0 fully saturated rings. The van der Waals surface area contributed by atoms with E-state index in [4.69, 9.17) is 0 Å². The second-order valence-electron chi connectivity index (χ2n) is 4.47. The Morgan fingerprint density at radius 1 is 1.12 bits per heavy atom. The van der Waals surface area contributed by atoms with Gasteiger partial charge in [0.1, 0.15) is 0 Å². The normalized spacial score (nSPS) is 15.7. The summed E-state index contributed by atoms with van der Waals surface area (Å²) >= 11 is 3.50. The molecule has 0 atom stereocenters. The zero-order valence-electron chi connectivity index (χ0n) is 9.79. The number of nitrogens with zero attached hydrogens (tertiary/aromatic N) is 1. The molecule has 1 heterocycles. The summed E-state index contributed by atoms with van der Waals surface area (Å²) < 4.78 is 0. The monoisotopic (exact) mass is 281 g/mol. The van der Waals surface area contributed by atoms with E-state index in [1.165, 1.54) is 50.9 Å². The molecule has 0 saturated carbocycles. The Balaban J connectivity index is 2.06. The van der Waals surface area contributed by atoms with E-state index in [0.717, 1.165) is 5.33 Å². The maximum absolute atomic E-state index is 3.50. The van der Waals surface area contributed by atoms with Crippen molar-refractivity contribution in [1.29, 1.82) is 0 Å². The van der Waals surface area contributed by atoms with Gasteiger partial charge in [-0.15, -0.1) is 0 Å². The molecule has 1 aromatic carbocycles. The second-order valence-corrected chi connectivity index (χ2v) is 5.26. The van der Waals surface area contributed by atoms with Crippen LogP contribution in [0.15, 0.2) is 24.3 Å². The van der Waals surface area contributed by atoms with Crippen LogP contribution in [0.4, 0.5) is 5.69 Å². The van der Waals surface area contributed by atoms with Crippen molar-refractivity contribution in [3.63, 3.8) is 0 Å². The van der Waals surface area contributed by atoms with Crippen LogP contribution in [0.1, 0.15) is 31.2 Å². The molecule has 16 heavy (non-hydrogen) atoms. The Morgan fingerprint density at radius 2 is 2.00 bits per heavy atom. The molecule has 2 rings (SSSR count). The molecular weight excluding hydrogens is 262 g/mol. The number of hydrogen-bond acceptors (Lipinski definition) is 1. The number of anilines is 1. The molecule has 1 nitrogen and oxygen atoms in total. The van der Waals surface area contributed by atoms with Crippen molar-refractivity contribution >= 4 is 21.6 Å². The van der Waals surface area contributed by atoms with E-state index < -0.39 is 0 Å². The average molecular weight is 282 g/mol. The highest BCUT2D eigenvalue weighted by Gasteiger charge is 2.13. The maximum Gasteiger partial charge on any atom is 0.0398 e. The lowest BCUT2D eigenvalue weighted by Gasteiger charge is -2.24. The third-order valence-electron chi connectivity index (χ3n) is 3.27. The van der Waals surface area contributed by atoms with Crippen molar-refractivity contribution in [3.05, 3.63) is 29.8 Å². The van der Waals surface area contributed by atoms with Crippen molar-refractivity contribution in [1.82, 2.24) is 0 Å². The van der Waals surface area contributed by atoms with Crippen molar-refractivity contribution < 1.29 is 0 Å². The molecule has 0 radical (unpaired) electrons. The van der Waals surface area contributed by atoms with E-state index in [-0.39, 0.29) is 0 Å². The van der Waals surface area contributed by atoms with Crippen LogP contribution in [-0.4, -0.2) is 18.4 Å². The van der Waals surface area contributed by atoms with E-state index in [2.05, 4.69) is 45.1 Å². The third kappa shape index (κ3) is 3.00. The van der Waals surface area contributed by atoms with Gasteiger partial charge in [0, 0.05) is 24.1 Å². The number of alkyl halides is 1. The van der Waals surface area contributed by atoms with Crippen molar-refractivity contribution in [2.75, 3.05) is 23.3 Å². The fourth-order valence-corrected chi connectivity index (χ4v) is 2.80. The van der Waals surface area contributed by atoms with E-state index in [1.54, 1.807) is 5.56 Å². The van der Waals surface area contributed by atoms with Gasteiger partial charge in [-0.1, -0.05) is 34.1 Å². The fourth-order valence-electron chi connectivity index (χ4n) is 2.40. The summed E-state index contributed by atoms with van der Waals surface area (Å²) in [7, 11) is 0. The first-order valence-corrected chi connectivity index (χ1v) is 7.43. The lowest BCUT2D eigenvalue weighted by molar-refractivity contribution is 0.684. The Labute approximate surface area is 107 Å². The molecule has 88 valence electrons. The average Bonchev–Trinajstić information content (AvgIpc) is 2.52. The SMILES string of the molecule is BrCCCCN1CCCCc2ccccc21. The van der Waals surface area contributed by atoms with E-state index in [1.807, 2.05) is 0 Å². The standard InChI is InChI=1S/C14H20BrN/c15-10-4-6-12-16-11-5-3-8-13-7-1-2-9-14(13)16/h1-2,7,9H,3-6,8,10-12H2. The van der Waals surface area contributed by atoms with Crippen LogP contribution < -0.4 is 4.90 Å². The summed E-state index contributed by atoms with van der Waals surface area (Å²) in [6, 6.07) is 8.91. The van der Waals surface area contributed by atoms with Gasteiger partial charge in [-0.05, 0) is 43.7 Å².